The summed E-state index contributed by atoms with van der Waals surface area (Å²) in [7, 11) is -4.03. The zero-order valence-corrected chi connectivity index (χ0v) is 19.5. The fourth-order valence-corrected chi connectivity index (χ4v) is 5.68. The summed E-state index contributed by atoms with van der Waals surface area (Å²) in [6.07, 6.45) is 2.75. The lowest BCUT2D eigenvalue weighted by molar-refractivity contribution is -0.120. The van der Waals surface area contributed by atoms with Gasteiger partial charge in [0.15, 0.2) is 0 Å². The van der Waals surface area contributed by atoms with Gasteiger partial charge in [-0.25, -0.2) is 8.42 Å². The van der Waals surface area contributed by atoms with Crippen LogP contribution in [0.25, 0.3) is 0 Å². The first-order chi connectivity index (χ1) is 15.3. The molecule has 32 heavy (non-hydrogen) atoms. The Morgan fingerprint density at radius 1 is 0.969 bits per heavy atom. The van der Waals surface area contributed by atoms with Crippen molar-refractivity contribution in [1.29, 1.82) is 0 Å². The van der Waals surface area contributed by atoms with E-state index in [1.165, 1.54) is 35.9 Å². The second-order valence-corrected chi connectivity index (χ2v) is 10.4. The average molecular weight is 489 g/mol. The molecular weight excluding hydrogens is 467 g/mol. The van der Waals surface area contributed by atoms with Gasteiger partial charge in [-0.3, -0.25) is 9.10 Å². The van der Waals surface area contributed by atoms with Crippen LogP contribution in [0.5, 0.6) is 0 Å². The van der Waals surface area contributed by atoms with Gasteiger partial charge in [0.1, 0.15) is 6.54 Å². The quantitative estimate of drug-likeness (QED) is 0.506. The van der Waals surface area contributed by atoms with Gasteiger partial charge in [-0.2, -0.15) is 0 Å². The van der Waals surface area contributed by atoms with E-state index in [2.05, 4.69) is 11.4 Å². The van der Waals surface area contributed by atoms with E-state index < -0.39 is 10.0 Å². The lowest BCUT2D eigenvalue weighted by Crippen LogP contribution is -2.42. The molecule has 1 aliphatic carbocycles. The Morgan fingerprint density at radius 2 is 1.72 bits per heavy atom. The lowest BCUT2D eigenvalue weighted by atomic mass is 9.88. The second-order valence-electron chi connectivity index (χ2n) is 7.66. The number of sulfonamides is 1. The molecule has 0 saturated heterocycles. The van der Waals surface area contributed by atoms with Crippen molar-refractivity contribution >= 4 is 44.8 Å². The van der Waals surface area contributed by atoms with Gasteiger partial charge < -0.3 is 5.32 Å². The third-order valence-corrected chi connectivity index (χ3v) is 7.76. The summed E-state index contributed by atoms with van der Waals surface area (Å²) >= 11 is 12.0. The van der Waals surface area contributed by atoms with Crippen LogP contribution in [0, 0.1) is 0 Å². The molecule has 0 aliphatic heterocycles. The Kier molecular flexibility index (Phi) is 6.74. The van der Waals surface area contributed by atoms with E-state index in [0.29, 0.717) is 15.7 Å². The summed E-state index contributed by atoms with van der Waals surface area (Å²) < 4.78 is 28.0. The summed E-state index contributed by atoms with van der Waals surface area (Å²) in [6, 6.07) is 20.2. The SMILES string of the molecule is O=C(CN(c1cccc(Cl)c1)S(=O)(=O)c1ccc(Cl)cc1)N[C@@H]1CCCc2ccccc21. The molecule has 0 aromatic heterocycles. The van der Waals surface area contributed by atoms with Crippen molar-refractivity contribution in [2.24, 2.45) is 0 Å². The topological polar surface area (TPSA) is 66.5 Å². The van der Waals surface area contributed by atoms with Crippen LogP contribution in [0.2, 0.25) is 10.0 Å². The number of carbonyl (C=O) groups is 1. The van der Waals surface area contributed by atoms with Crippen LogP contribution >= 0.6 is 23.2 Å². The zero-order chi connectivity index (χ0) is 22.7. The Bertz CT molecular complexity index is 1230. The van der Waals surface area contributed by atoms with Gasteiger partial charge >= 0.3 is 0 Å². The van der Waals surface area contributed by atoms with E-state index in [1.54, 1.807) is 18.2 Å². The summed E-state index contributed by atoms with van der Waals surface area (Å²) in [4.78, 5) is 13.1. The molecule has 166 valence electrons. The molecule has 0 heterocycles. The van der Waals surface area contributed by atoms with Crippen molar-refractivity contribution in [1.82, 2.24) is 5.32 Å². The minimum absolute atomic E-state index is 0.0395. The molecule has 1 amide bonds. The minimum Gasteiger partial charge on any atom is -0.348 e. The fourth-order valence-electron chi connectivity index (χ4n) is 3.95. The molecule has 8 heteroatoms. The zero-order valence-electron chi connectivity index (χ0n) is 17.2. The van der Waals surface area contributed by atoms with Crippen LogP contribution in [0.3, 0.4) is 0 Å². The van der Waals surface area contributed by atoms with Crippen molar-refractivity contribution < 1.29 is 13.2 Å². The van der Waals surface area contributed by atoms with Crippen LogP contribution in [-0.2, 0) is 21.2 Å². The molecule has 1 aliphatic rings. The smallest absolute Gasteiger partial charge is 0.264 e. The lowest BCUT2D eigenvalue weighted by Gasteiger charge is -2.28. The first-order valence-electron chi connectivity index (χ1n) is 10.3. The van der Waals surface area contributed by atoms with Crippen molar-refractivity contribution in [3.05, 3.63) is 94.0 Å². The Hall–Kier alpha value is -2.54. The van der Waals surface area contributed by atoms with Gasteiger partial charge in [0.05, 0.1) is 16.6 Å². The Balaban J connectivity index is 1.63. The minimum atomic E-state index is -4.03. The third-order valence-electron chi connectivity index (χ3n) is 5.49. The molecule has 1 atom stereocenters. The molecule has 0 fully saturated rings. The van der Waals surface area contributed by atoms with Crippen molar-refractivity contribution in [3.63, 3.8) is 0 Å². The standard InChI is InChI=1S/C24H22Cl2N2O3S/c25-18-11-13-21(14-12-18)32(30,31)28(20-8-4-7-19(26)15-20)16-24(29)27-23-10-3-6-17-5-1-2-9-22(17)23/h1-2,4-5,7-9,11-15,23H,3,6,10,16H2,(H,27,29)/t23-/m1/s1. The highest BCUT2D eigenvalue weighted by molar-refractivity contribution is 7.92. The molecule has 0 radical (unpaired) electrons. The second kappa shape index (κ2) is 9.53. The molecule has 3 aromatic rings. The van der Waals surface area contributed by atoms with Gasteiger partial charge in [0.25, 0.3) is 10.0 Å². The van der Waals surface area contributed by atoms with Gasteiger partial charge in [-0.15, -0.1) is 0 Å². The van der Waals surface area contributed by atoms with Gasteiger partial charge in [-0.05, 0) is 72.9 Å². The number of fused-ring (bicyclic) bond motifs is 1. The summed E-state index contributed by atoms with van der Waals surface area (Å²) in [6.45, 7) is -0.371. The highest BCUT2D eigenvalue weighted by Crippen LogP contribution is 2.30. The number of amides is 1. The Morgan fingerprint density at radius 3 is 2.47 bits per heavy atom. The van der Waals surface area contributed by atoms with E-state index in [9.17, 15) is 13.2 Å². The van der Waals surface area contributed by atoms with E-state index in [0.717, 1.165) is 29.1 Å². The van der Waals surface area contributed by atoms with Crippen LogP contribution < -0.4 is 9.62 Å². The van der Waals surface area contributed by atoms with Crippen molar-refractivity contribution in [2.75, 3.05) is 10.8 Å². The molecule has 4 rings (SSSR count). The highest BCUT2D eigenvalue weighted by Gasteiger charge is 2.29. The molecular formula is C24H22Cl2N2O3S. The van der Waals surface area contributed by atoms with E-state index in [1.807, 2.05) is 18.2 Å². The maximum absolute atomic E-state index is 13.4. The number of hydrogen-bond donors (Lipinski definition) is 1. The first-order valence-corrected chi connectivity index (χ1v) is 12.5. The van der Waals surface area contributed by atoms with Crippen LogP contribution in [0.4, 0.5) is 5.69 Å². The molecule has 0 spiro atoms. The van der Waals surface area contributed by atoms with Gasteiger partial charge in [-0.1, -0.05) is 53.5 Å². The Labute approximate surface area is 198 Å². The van der Waals surface area contributed by atoms with Crippen molar-refractivity contribution in [2.45, 2.75) is 30.2 Å². The summed E-state index contributed by atoms with van der Waals surface area (Å²) in [5.74, 6) is -0.385. The number of carbonyl (C=O) groups excluding carboxylic acids is 1. The first kappa shape index (κ1) is 22.6. The predicted molar refractivity (Wildman–Crippen MR) is 128 cm³/mol. The van der Waals surface area contributed by atoms with E-state index in [-0.39, 0.29) is 23.4 Å². The molecule has 0 saturated carbocycles. The monoisotopic (exact) mass is 488 g/mol. The van der Waals surface area contributed by atoms with Crippen LogP contribution in [-0.4, -0.2) is 20.9 Å². The molecule has 1 N–H and O–H groups in total. The normalized spacial score (nSPS) is 15.6. The maximum atomic E-state index is 13.4. The fraction of sp³-hybridized carbons (Fsp3) is 0.208. The van der Waals surface area contributed by atoms with Gasteiger partial charge in [0, 0.05) is 10.0 Å². The maximum Gasteiger partial charge on any atom is 0.264 e. The number of hydrogen-bond acceptors (Lipinski definition) is 3. The third kappa shape index (κ3) is 4.93. The highest BCUT2D eigenvalue weighted by atomic mass is 35.5. The van der Waals surface area contributed by atoms with E-state index in [4.69, 9.17) is 23.2 Å². The predicted octanol–water partition coefficient (Wildman–Crippen LogP) is 5.38. The van der Waals surface area contributed by atoms with Gasteiger partial charge in [0.2, 0.25) is 5.91 Å². The van der Waals surface area contributed by atoms with E-state index >= 15 is 0 Å². The number of nitrogens with one attached hydrogen (secondary N) is 1. The molecule has 3 aromatic carbocycles. The number of halogens is 2. The number of benzene rings is 3. The summed E-state index contributed by atoms with van der Waals surface area (Å²) in [5, 5.41) is 3.82. The number of rotatable bonds is 6. The van der Waals surface area contributed by atoms with Crippen LogP contribution in [0.1, 0.15) is 30.0 Å². The molecule has 0 unspecified atom stereocenters. The largest absolute Gasteiger partial charge is 0.348 e. The molecule has 0 bridgehead atoms. The van der Waals surface area contributed by atoms with Crippen LogP contribution in [0.15, 0.2) is 77.7 Å². The number of nitrogens with zero attached hydrogens (tertiary/aromatic N) is 1. The summed E-state index contributed by atoms with van der Waals surface area (Å²) in [5.41, 5.74) is 2.61. The number of anilines is 1. The number of aryl methyl sites for hydroxylation is 1. The average Bonchev–Trinajstić information content (AvgIpc) is 2.78. The molecule has 5 nitrogen and oxygen atoms in total. The van der Waals surface area contributed by atoms with Crippen molar-refractivity contribution in [3.8, 4) is 0 Å².